The van der Waals surface area contributed by atoms with E-state index in [9.17, 15) is 14.7 Å². The Morgan fingerprint density at radius 3 is 2.82 bits per heavy atom. The lowest BCUT2D eigenvalue weighted by molar-refractivity contribution is -0.143. The Kier molecular flexibility index (Phi) is 6.10. The SMILES string of the molecule is C=C1C(=O)O[C@@H]2[C@@H]1C[C@H]1O[C@]1(COC(C)=O)CC/C=C(\C)CC/C=C(\C)[C@@H]2O. The van der Waals surface area contributed by atoms with E-state index in [1.165, 1.54) is 12.5 Å². The molecule has 6 nitrogen and oxygen atoms in total. The summed E-state index contributed by atoms with van der Waals surface area (Å²) in [5, 5.41) is 10.8. The summed E-state index contributed by atoms with van der Waals surface area (Å²) < 4.78 is 16.7. The maximum absolute atomic E-state index is 12.1. The topological polar surface area (TPSA) is 85.4 Å². The van der Waals surface area contributed by atoms with Crippen molar-refractivity contribution in [1.82, 2.24) is 0 Å². The van der Waals surface area contributed by atoms with E-state index in [1.807, 2.05) is 13.0 Å². The van der Waals surface area contributed by atoms with Crippen molar-refractivity contribution in [3.05, 3.63) is 35.5 Å². The summed E-state index contributed by atoms with van der Waals surface area (Å²) >= 11 is 0. The van der Waals surface area contributed by atoms with Crippen LogP contribution in [-0.2, 0) is 23.8 Å². The molecule has 0 unspecified atom stereocenters. The zero-order valence-electron chi connectivity index (χ0n) is 16.9. The first-order valence-corrected chi connectivity index (χ1v) is 9.95. The van der Waals surface area contributed by atoms with Gasteiger partial charge in [-0.05, 0) is 51.5 Å². The van der Waals surface area contributed by atoms with Gasteiger partial charge in [-0.25, -0.2) is 4.79 Å². The van der Waals surface area contributed by atoms with Crippen LogP contribution < -0.4 is 0 Å². The number of allylic oxidation sites excluding steroid dienone is 3. The summed E-state index contributed by atoms with van der Waals surface area (Å²) in [4.78, 5) is 23.4. The first-order valence-electron chi connectivity index (χ1n) is 9.95. The van der Waals surface area contributed by atoms with Gasteiger partial charge in [0.25, 0.3) is 0 Å². The van der Waals surface area contributed by atoms with Gasteiger partial charge in [-0.1, -0.05) is 24.3 Å². The summed E-state index contributed by atoms with van der Waals surface area (Å²) in [6.45, 7) is 9.42. The number of carbonyl (C=O) groups excluding carboxylic acids is 2. The van der Waals surface area contributed by atoms with Gasteiger partial charge in [-0.15, -0.1) is 0 Å². The summed E-state index contributed by atoms with van der Waals surface area (Å²) in [6, 6.07) is 0. The Hall–Kier alpha value is -1.92. The summed E-state index contributed by atoms with van der Waals surface area (Å²) in [7, 11) is 0. The van der Waals surface area contributed by atoms with E-state index in [1.54, 1.807) is 0 Å². The van der Waals surface area contributed by atoms with E-state index in [4.69, 9.17) is 14.2 Å². The van der Waals surface area contributed by atoms with Crippen molar-refractivity contribution in [2.24, 2.45) is 5.92 Å². The van der Waals surface area contributed by atoms with Crippen molar-refractivity contribution in [1.29, 1.82) is 0 Å². The largest absolute Gasteiger partial charge is 0.463 e. The Labute approximate surface area is 166 Å². The number of aliphatic hydroxyl groups excluding tert-OH is 1. The Balaban J connectivity index is 1.85. The number of aliphatic hydroxyl groups is 1. The van der Waals surface area contributed by atoms with Crippen LogP contribution >= 0.6 is 0 Å². The smallest absolute Gasteiger partial charge is 0.334 e. The van der Waals surface area contributed by atoms with E-state index in [-0.39, 0.29) is 24.6 Å². The molecule has 28 heavy (non-hydrogen) atoms. The fourth-order valence-electron chi connectivity index (χ4n) is 4.15. The van der Waals surface area contributed by atoms with Crippen molar-refractivity contribution in [2.75, 3.05) is 6.61 Å². The average molecular weight is 390 g/mol. The fraction of sp³-hybridized carbons (Fsp3) is 0.636. The lowest BCUT2D eigenvalue weighted by Gasteiger charge is -2.24. The maximum Gasteiger partial charge on any atom is 0.334 e. The van der Waals surface area contributed by atoms with Crippen LogP contribution in [0.3, 0.4) is 0 Å². The first kappa shape index (κ1) is 20.8. The van der Waals surface area contributed by atoms with Crippen LogP contribution in [0.5, 0.6) is 0 Å². The number of hydrogen-bond acceptors (Lipinski definition) is 6. The number of hydrogen-bond donors (Lipinski definition) is 1. The van der Waals surface area contributed by atoms with Gasteiger partial charge in [0.2, 0.25) is 0 Å². The molecule has 0 spiro atoms. The molecule has 0 saturated carbocycles. The molecule has 3 aliphatic rings. The van der Waals surface area contributed by atoms with Crippen LogP contribution in [0.2, 0.25) is 0 Å². The average Bonchev–Trinajstić information content (AvgIpc) is 3.25. The lowest BCUT2D eigenvalue weighted by atomic mass is 9.84. The van der Waals surface area contributed by atoms with Crippen molar-refractivity contribution >= 4 is 11.9 Å². The minimum atomic E-state index is -0.873. The predicted octanol–water partition coefficient (Wildman–Crippen LogP) is 3.00. The third-order valence-corrected chi connectivity index (χ3v) is 6.09. The zero-order valence-corrected chi connectivity index (χ0v) is 16.9. The molecular formula is C22H30O6. The van der Waals surface area contributed by atoms with Crippen LogP contribution in [0.4, 0.5) is 0 Å². The second-order valence-electron chi connectivity index (χ2n) is 8.21. The van der Waals surface area contributed by atoms with Gasteiger partial charge in [0.1, 0.15) is 24.4 Å². The molecule has 0 aromatic carbocycles. The molecule has 0 radical (unpaired) electrons. The number of epoxide rings is 1. The van der Waals surface area contributed by atoms with Gasteiger partial charge in [0.05, 0.1) is 6.10 Å². The molecule has 0 aromatic heterocycles. The fourth-order valence-corrected chi connectivity index (χ4v) is 4.15. The van der Waals surface area contributed by atoms with Crippen LogP contribution in [0.1, 0.15) is 52.9 Å². The molecule has 0 bridgehead atoms. The Bertz CT molecular complexity index is 721. The van der Waals surface area contributed by atoms with E-state index in [0.717, 1.165) is 31.3 Å². The van der Waals surface area contributed by atoms with Gasteiger partial charge in [0.15, 0.2) is 0 Å². The minimum Gasteiger partial charge on any atom is -0.463 e. The molecule has 1 N–H and O–H groups in total. The molecule has 0 aromatic rings. The van der Waals surface area contributed by atoms with Crippen LogP contribution in [0.15, 0.2) is 35.5 Å². The third-order valence-electron chi connectivity index (χ3n) is 6.09. The number of fused-ring (bicyclic) bond motifs is 2. The number of esters is 2. The van der Waals surface area contributed by atoms with E-state index < -0.39 is 23.8 Å². The number of carbonyl (C=O) groups is 2. The second kappa shape index (κ2) is 8.21. The van der Waals surface area contributed by atoms with Crippen LogP contribution in [-0.4, -0.2) is 47.6 Å². The number of rotatable bonds is 2. The van der Waals surface area contributed by atoms with Gasteiger partial charge in [-0.2, -0.15) is 0 Å². The minimum absolute atomic E-state index is 0.168. The Morgan fingerprint density at radius 1 is 1.36 bits per heavy atom. The van der Waals surface area contributed by atoms with Crippen molar-refractivity contribution < 1.29 is 28.9 Å². The maximum atomic E-state index is 12.1. The molecular weight excluding hydrogens is 360 g/mol. The van der Waals surface area contributed by atoms with E-state index >= 15 is 0 Å². The van der Waals surface area contributed by atoms with Crippen LogP contribution in [0, 0.1) is 5.92 Å². The molecule has 2 heterocycles. The highest BCUT2D eigenvalue weighted by molar-refractivity contribution is 5.91. The molecule has 0 amide bonds. The van der Waals surface area contributed by atoms with Gasteiger partial charge >= 0.3 is 11.9 Å². The molecule has 6 heteroatoms. The molecule has 1 aliphatic carbocycles. The van der Waals surface area contributed by atoms with Gasteiger partial charge in [0, 0.05) is 18.4 Å². The molecule has 5 atom stereocenters. The number of ether oxygens (including phenoxy) is 3. The highest BCUT2D eigenvalue weighted by Gasteiger charge is 2.59. The quantitative estimate of drug-likeness (QED) is 0.338. The standard InChI is InChI=1S/C22H30O6/c1-13-7-5-9-14(2)19(24)20-17(15(3)21(25)27-20)11-18-22(28-18,10-6-8-13)12-26-16(4)23/h8-9,17-20,24H,3,5-7,10-12H2,1-2,4H3/b13-8+,14-9+/t17-,18-,19+,20-,22+/m1/s1. The van der Waals surface area contributed by atoms with Crippen molar-refractivity contribution in [3.8, 4) is 0 Å². The summed E-state index contributed by atoms with van der Waals surface area (Å²) in [6.07, 6.45) is 6.29. The second-order valence-corrected chi connectivity index (χ2v) is 8.21. The molecule has 2 fully saturated rings. The monoisotopic (exact) mass is 390 g/mol. The molecule has 154 valence electrons. The molecule has 2 aliphatic heterocycles. The van der Waals surface area contributed by atoms with E-state index in [2.05, 4.69) is 19.6 Å². The van der Waals surface area contributed by atoms with Gasteiger partial charge in [-0.3, -0.25) is 4.79 Å². The van der Waals surface area contributed by atoms with Gasteiger partial charge < -0.3 is 19.3 Å². The molecule has 3 rings (SSSR count). The normalized spacial score (nSPS) is 40.0. The van der Waals surface area contributed by atoms with Crippen molar-refractivity contribution in [3.63, 3.8) is 0 Å². The first-order chi connectivity index (χ1) is 13.2. The summed E-state index contributed by atoms with van der Waals surface area (Å²) in [5.41, 5.74) is 1.90. The van der Waals surface area contributed by atoms with Crippen molar-refractivity contribution in [2.45, 2.75) is 76.8 Å². The van der Waals surface area contributed by atoms with Crippen LogP contribution in [0.25, 0.3) is 0 Å². The highest BCUT2D eigenvalue weighted by Crippen LogP contribution is 2.48. The highest BCUT2D eigenvalue weighted by atomic mass is 16.6. The molecule has 2 saturated heterocycles. The predicted molar refractivity (Wildman–Crippen MR) is 103 cm³/mol. The zero-order chi connectivity index (χ0) is 20.5. The lowest BCUT2D eigenvalue weighted by Crippen LogP contribution is -2.34. The Morgan fingerprint density at radius 2 is 2.11 bits per heavy atom. The van der Waals surface area contributed by atoms with E-state index in [0.29, 0.717) is 12.0 Å². The summed E-state index contributed by atoms with van der Waals surface area (Å²) in [5.74, 6) is -1.13. The third kappa shape index (κ3) is 4.39.